The lowest BCUT2D eigenvalue weighted by molar-refractivity contribution is -0.129. The molecule has 1 aromatic rings. The number of nitrogens with one attached hydrogen (secondary N) is 1. The monoisotopic (exact) mass is 332 g/mol. The van der Waals surface area contributed by atoms with Gasteiger partial charge in [0.2, 0.25) is 5.91 Å². The van der Waals surface area contributed by atoms with Crippen molar-refractivity contribution in [1.82, 2.24) is 10.2 Å². The fourth-order valence-electron chi connectivity index (χ4n) is 3.91. The summed E-state index contributed by atoms with van der Waals surface area (Å²) >= 11 is 0. The number of rotatable bonds is 6. The Balaban J connectivity index is 1.46. The highest BCUT2D eigenvalue weighted by Gasteiger charge is 2.45. The summed E-state index contributed by atoms with van der Waals surface area (Å²) in [5.41, 5.74) is 0.534. The SMILES string of the molecule is CC1CCN(CCCNC(=O)C2(c3ccc(F)cc3)CCC2)CC1. The smallest absolute Gasteiger partial charge is 0.230 e. The number of benzene rings is 1. The van der Waals surface area contributed by atoms with Gasteiger partial charge in [-0.15, -0.1) is 0 Å². The molecule has 0 bridgehead atoms. The number of hydrogen-bond donors (Lipinski definition) is 1. The van der Waals surface area contributed by atoms with Crippen molar-refractivity contribution in [2.45, 2.75) is 50.9 Å². The van der Waals surface area contributed by atoms with E-state index in [1.807, 2.05) is 0 Å². The van der Waals surface area contributed by atoms with E-state index in [-0.39, 0.29) is 11.7 Å². The number of piperidine rings is 1. The number of likely N-dealkylation sites (tertiary alicyclic amines) is 1. The van der Waals surface area contributed by atoms with E-state index in [1.165, 1.54) is 38.1 Å². The Hall–Kier alpha value is -1.42. The molecule has 0 spiro atoms. The second kappa shape index (κ2) is 7.64. The van der Waals surface area contributed by atoms with Gasteiger partial charge in [0.25, 0.3) is 0 Å². The van der Waals surface area contributed by atoms with Gasteiger partial charge in [-0.1, -0.05) is 25.5 Å². The number of carbonyl (C=O) groups excluding carboxylic acids is 1. The van der Waals surface area contributed by atoms with Crippen LogP contribution in [0.3, 0.4) is 0 Å². The molecule has 1 aliphatic carbocycles. The van der Waals surface area contributed by atoms with Gasteiger partial charge in [-0.25, -0.2) is 4.39 Å². The van der Waals surface area contributed by atoms with Gasteiger partial charge in [-0.3, -0.25) is 4.79 Å². The van der Waals surface area contributed by atoms with Gasteiger partial charge in [0.15, 0.2) is 0 Å². The lowest BCUT2D eigenvalue weighted by Gasteiger charge is -2.40. The molecule has 0 aromatic heterocycles. The maximum atomic E-state index is 13.1. The molecule has 1 saturated heterocycles. The number of hydrogen-bond acceptors (Lipinski definition) is 2. The van der Waals surface area contributed by atoms with Crippen LogP contribution in [-0.2, 0) is 10.2 Å². The Labute approximate surface area is 144 Å². The van der Waals surface area contributed by atoms with Crippen LogP contribution < -0.4 is 5.32 Å². The third-order valence-corrected chi connectivity index (χ3v) is 5.85. The second-order valence-electron chi connectivity index (χ2n) is 7.58. The van der Waals surface area contributed by atoms with Crippen LogP contribution >= 0.6 is 0 Å². The molecule has 1 heterocycles. The molecule has 24 heavy (non-hydrogen) atoms. The first-order chi connectivity index (χ1) is 11.6. The van der Waals surface area contributed by atoms with Crippen molar-refractivity contribution < 1.29 is 9.18 Å². The fourth-order valence-corrected chi connectivity index (χ4v) is 3.91. The Morgan fingerprint density at radius 3 is 2.50 bits per heavy atom. The number of halogens is 1. The van der Waals surface area contributed by atoms with E-state index in [0.29, 0.717) is 0 Å². The summed E-state index contributed by atoms with van der Waals surface area (Å²) < 4.78 is 13.1. The summed E-state index contributed by atoms with van der Waals surface area (Å²) in [7, 11) is 0. The molecule has 2 fully saturated rings. The molecule has 1 amide bonds. The van der Waals surface area contributed by atoms with E-state index in [1.54, 1.807) is 12.1 Å². The summed E-state index contributed by atoms with van der Waals surface area (Å²) in [4.78, 5) is 15.2. The average Bonchev–Trinajstić information content (AvgIpc) is 2.54. The second-order valence-corrected chi connectivity index (χ2v) is 7.58. The van der Waals surface area contributed by atoms with Crippen molar-refractivity contribution in [3.63, 3.8) is 0 Å². The van der Waals surface area contributed by atoms with Crippen LogP contribution in [0, 0.1) is 11.7 Å². The van der Waals surface area contributed by atoms with Crippen molar-refractivity contribution in [3.05, 3.63) is 35.6 Å². The van der Waals surface area contributed by atoms with Crippen molar-refractivity contribution in [2.24, 2.45) is 5.92 Å². The highest BCUT2D eigenvalue weighted by Crippen LogP contribution is 2.43. The molecule has 0 atom stereocenters. The minimum absolute atomic E-state index is 0.118. The van der Waals surface area contributed by atoms with Gasteiger partial charge < -0.3 is 10.2 Å². The highest BCUT2D eigenvalue weighted by molar-refractivity contribution is 5.89. The van der Waals surface area contributed by atoms with E-state index in [9.17, 15) is 9.18 Å². The zero-order valence-electron chi connectivity index (χ0n) is 14.7. The third kappa shape index (κ3) is 3.80. The maximum Gasteiger partial charge on any atom is 0.230 e. The minimum atomic E-state index is -0.422. The summed E-state index contributed by atoms with van der Waals surface area (Å²) in [6, 6.07) is 6.45. The predicted molar refractivity (Wildman–Crippen MR) is 94.4 cm³/mol. The average molecular weight is 332 g/mol. The molecule has 1 aliphatic heterocycles. The Bertz CT molecular complexity index is 545. The largest absolute Gasteiger partial charge is 0.355 e. The Morgan fingerprint density at radius 1 is 1.25 bits per heavy atom. The number of amides is 1. The van der Waals surface area contributed by atoms with Crippen LogP contribution in [0.25, 0.3) is 0 Å². The van der Waals surface area contributed by atoms with Crippen LogP contribution in [0.15, 0.2) is 24.3 Å². The van der Waals surface area contributed by atoms with Crippen LogP contribution in [0.2, 0.25) is 0 Å². The highest BCUT2D eigenvalue weighted by atomic mass is 19.1. The lowest BCUT2D eigenvalue weighted by Crippen LogP contribution is -2.49. The first-order valence-corrected chi connectivity index (χ1v) is 9.37. The van der Waals surface area contributed by atoms with Gasteiger partial charge in [0, 0.05) is 6.54 Å². The molecule has 132 valence electrons. The minimum Gasteiger partial charge on any atom is -0.355 e. The van der Waals surface area contributed by atoms with Crippen molar-refractivity contribution in [1.29, 1.82) is 0 Å². The van der Waals surface area contributed by atoms with Gasteiger partial charge >= 0.3 is 0 Å². The van der Waals surface area contributed by atoms with Gasteiger partial charge in [-0.05, 0) is 75.4 Å². The van der Waals surface area contributed by atoms with Crippen LogP contribution in [0.4, 0.5) is 4.39 Å². The van der Waals surface area contributed by atoms with Gasteiger partial charge in [-0.2, -0.15) is 0 Å². The molecule has 2 aliphatic rings. The van der Waals surface area contributed by atoms with Crippen molar-refractivity contribution >= 4 is 5.91 Å². The first kappa shape index (κ1) is 17.4. The lowest BCUT2D eigenvalue weighted by atomic mass is 9.64. The molecule has 3 rings (SSSR count). The van der Waals surface area contributed by atoms with E-state index in [0.717, 1.165) is 50.3 Å². The molecule has 0 unspecified atom stereocenters. The molecule has 4 heteroatoms. The molecule has 1 N–H and O–H groups in total. The van der Waals surface area contributed by atoms with Crippen LogP contribution in [0.5, 0.6) is 0 Å². The quantitative estimate of drug-likeness (QED) is 0.809. The van der Waals surface area contributed by atoms with E-state index >= 15 is 0 Å². The van der Waals surface area contributed by atoms with Crippen LogP contribution in [0.1, 0.15) is 51.0 Å². The van der Waals surface area contributed by atoms with E-state index in [4.69, 9.17) is 0 Å². The summed E-state index contributed by atoms with van der Waals surface area (Å²) in [5.74, 6) is 0.729. The molecule has 3 nitrogen and oxygen atoms in total. The van der Waals surface area contributed by atoms with Gasteiger partial charge in [0.05, 0.1) is 5.41 Å². The summed E-state index contributed by atoms with van der Waals surface area (Å²) in [6.07, 6.45) is 6.39. The molecular formula is C20H29FN2O. The summed E-state index contributed by atoms with van der Waals surface area (Å²) in [5, 5.41) is 3.13. The molecular weight excluding hydrogens is 303 g/mol. The molecule has 0 radical (unpaired) electrons. The maximum absolute atomic E-state index is 13.1. The summed E-state index contributed by atoms with van der Waals surface area (Å²) in [6.45, 7) is 6.50. The predicted octanol–water partition coefficient (Wildman–Crippen LogP) is 3.49. The number of carbonyl (C=O) groups is 1. The van der Waals surface area contributed by atoms with E-state index in [2.05, 4.69) is 17.1 Å². The Kier molecular flexibility index (Phi) is 5.54. The zero-order valence-corrected chi connectivity index (χ0v) is 14.7. The van der Waals surface area contributed by atoms with Crippen molar-refractivity contribution in [3.8, 4) is 0 Å². The normalized spacial score (nSPS) is 21.2. The topological polar surface area (TPSA) is 32.3 Å². The van der Waals surface area contributed by atoms with Gasteiger partial charge in [0.1, 0.15) is 5.82 Å². The zero-order chi connectivity index (χ0) is 17.0. The fraction of sp³-hybridized carbons (Fsp3) is 0.650. The molecule has 1 saturated carbocycles. The standard InChI is InChI=1S/C20H29FN2O/c1-16-8-14-23(15-9-16)13-3-12-22-19(24)20(10-2-11-20)17-4-6-18(21)7-5-17/h4-7,16H,2-3,8-15H2,1H3,(H,22,24). The first-order valence-electron chi connectivity index (χ1n) is 9.37. The van der Waals surface area contributed by atoms with Crippen LogP contribution in [-0.4, -0.2) is 37.0 Å². The third-order valence-electron chi connectivity index (χ3n) is 5.85. The van der Waals surface area contributed by atoms with Crippen molar-refractivity contribution in [2.75, 3.05) is 26.2 Å². The number of nitrogens with zero attached hydrogens (tertiary/aromatic N) is 1. The molecule has 1 aromatic carbocycles. The van der Waals surface area contributed by atoms with E-state index < -0.39 is 5.41 Å². The Morgan fingerprint density at radius 2 is 1.92 bits per heavy atom.